The number of para-hydroxylation sites is 3. The highest BCUT2D eigenvalue weighted by molar-refractivity contribution is 7.99. The van der Waals surface area contributed by atoms with Gasteiger partial charge in [-0.05, 0) is 42.8 Å². The van der Waals surface area contributed by atoms with Crippen LogP contribution in [0.5, 0.6) is 0 Å². The maximum Gasteiger partial charge on any atom is 0.331 e. The van der Waals surface area contributed by atoms with Gasteiger partial charge in [0.05, 0.1) is 22.6 Å². The molecule has 0 unspecified atom stereocenters. The molecule has 0 aliphatic carbocycles. The van der Waals surface area contributed by atoms with Gasteiger partial charge in [-0.2, -0.15) is 0 Å². The van der Waals surface area contributed by atoms with Crippen molar-refractivity contribution in [1.82, 2.24) is 5.32 Å². The van der Waals surface area contributed by atoms with E-state index in [2.05, 4.69) is 10.6 Å². The second-order valence-corrected chi connectivity index (χ2v) is 8.03. The minimum Gasteiger partial charge on any atom is -0.385 e. The van der Waals surface area contributed by atoms with Crippen molar-refractivity contribution in [3.05, 3.63) is 78.4 Å². The molecule has 0 saturated heterocycles. The number of methoxy groups -OCH3 is 1. The van der Waals surface area contributed by atoms with Gasteiger partial charge in [-0.25, -0.2) is 4.79 Å². The van der Waals surface area contributed by atoms with Crippen LogP contribution in [0, 0.1) is 0 Å². The normalized spacial score (nSPS) is 12.0. The standard InChI is InChI=1S/C24H23N3O3S/c1-30-16-8-15-25-23(28)17-9-2-3-10-18(17)26-24(29)27-19-11-4-6-13-21(19)31-22-14-7-5-12-20(22)27/h2-7,9-14H,8,15-16H2,1H3,(H,25,28)(H,26,29). The molecule has 0 fully saturated rings. The number of rotatable bonds is 6. The molecule has 31 heavy (non-hydrogen) atoms. The van der Waals surface area contributed by atoms with Crippen LogP contribution in [0.2, 0.25) is 0 Å². The van der Waals surface area contributed by atoms with Gasteiger partial charge in [0.15, 0.2) is 0 Å². The Hall–Kier alpha value is -3.29. The molecule has 1 heterocycles. The van der Waals surface area contributed by atoms with E-state index < -0.39 is 0 Å². The van der Waals surface area contributed by atoms with Crippen molar-refractivity contribution < 1.29 is 14.3 Å². The first-order valence-electron chi connectivity index (χ1n) is 10.0. The summed E-state index contributed by atoms with van der Waals surface area (Å²) >= 11 is 1.64. The SMILES string of the molecule is COCCCNC(=O)c1ccccc1NC(=O)N1c2ccccc2Sc2ccccc21. The van der Waals surface area contributed by atoms with E-state index in [1.165, 1.54) is 0 Å². The zero-order chi connectivity index (χ0) is 21.6. The van der Waals surface area contributed by atoms with E-state index in [0.717, 1.165) is 27.6 Å². The third-order valence-corrected chi connectivity index (χ3v) is 5.99. The van der Waals surface area contributed by atoms with Crippen LogP contribution in [-0.2, 0) is 4.74 Å². The van der Waals surface area contributed by atoms with Gasteiger partial charge in [-0.1, -0.05) is 48.2 Å². The summed E-state index contributed by atoms with van der Waals surface area (Å²) in [6.45, 7) is 1.07. The molecule has 0 radical (unpaired) electrons. The monoisotopic (exact) mass is 433 g/mol. The first-order valence-corrected chi connectivity index (χ1v) is 10.8. The Morgan fingerprint density at radius 2 is 1.52 bits per heavy atom. The highest BCUT2D eigenvalue weighted by Gasteiger charge is 2.28. The molecule has 0 atom stereocenters. The molecule has 4 rings (SSSR count). The molecule has 158 valence electrons. The number of carbonyl (C=O) groups is 2. The minimum atomic E-state index is -0.320. The van der Waals surface area contributed by atoms with Crippen LogP contribution >= 0.6 is 11.8 Å². The highest BCUT2D eigenvalue weighted by atomic mass is 32.2. The maximum atomic E-state index is 13.4. The van der Waals surface area contributed by atoms with Crippen LogP contribution in [0.3, 0.4) is 0 Å². The number of carbonyl (C=O) groups excluding carboxylic acids is 2. The van der Waals surface area contributed by atoms with Gasteiger partial charge in [0.2, 0.25) is 0 Å². The fourth-order valence-electron chi connectivity index (χ4n) is 3.40. The van der Waals surface area contributed by atoms with Gasteiger partial charge in [-0.3, -0.25) is 9.69 Å². The van der Waals surface area contributed by atoms with E-state index in [4.69, 9.17) is 4.74 Å². The number of hydrogen-bond acceptors (Lipinski definition) is 4. The molecule has 3 amide bonds. The summed E-state index contributed by atoms with van der Waals surface area (Å²) in [7, 11) is 1.63. The van der Waals surface area contributed by atoms with E-state index in [0.29, 0.717) is 24.4 Å². The van der Waals surface area contributed by atoms with E-state index in [9.17, 15) is 9.59 Å². The zero-order valence-electron chi connectivity index (χ0n) is 17.1. The zero-order valence-corrected chi connectivity index (χ0v) is 17.9. The molecular weight excluding hydrogens is 410 g/mol. The number of urea groups is 1. The maximum absolute atomic E-state index is 13.4. The lowest BCUT2D eigenvalue weighted by Gasteiger charge is -2.31. The molecule has 3 aromatic carbocycles. The van der Waals surface area contributed by atoms with Crippen LogP contribution in [0.15, 0.2) is 82.6 Å². The summed E-state index contributed by atoms with van der Waals surface area (Å²) in [6.07, 6.45) is 0.718. The summed E-state index contributed by atoms with van der Waals surface area (Å²) in [6, 6.07) is 22.3. The van der Waals surface area contributed by atoms with Crippen molar-refractivity contribution in [3.63, 3.8) is 0 Å². The van der Waals surface area contributed by atoms with E-state index in [1.54, 1.807) is 48.0 Å². The molecule has 3 aromatic rings. The number of nitrogens with one attached hydrogen (secondary N) is 2. The topological polar surface area (TPSA) is 70.7 Å². The summed E-state index contributed by atoms with van der Waals surface area (Å²) in [5, 5.41) is 5.81. The number of benzene rings is 3. The van der Waals surface area contributed by atoms with Crippen LogP contribution in [0.25, 0.3) is 0 Å². The highest BCUT2D eigenvalue weighted by Crippen LogP contribution is 2.48. The van der Waals surface area contributed by atoms with Crippen molar-refractivity contribution >= 4 is 40.8 Å². The summed E-state index contributed by atoms with van der Waals surface area (Å²) in [4.78, 5) is 29.7. The molecule has 0 spiro atoms. The van der Waals surface area contributed by atoms with Crippen LogP contribution in [0.1, 0.15) is 16.8 Å². The molecule has 1 aliphatic rings. The Bertz CT molecular complexity index is 1060. The van der Waals surface area contributed by atoms with Gasteiger partial charge in [0.1, 0.15) is 0 Å². The average Bonchev–Trinajstić information content (AvgIpc) is 2.80. The van der Waals surface area contributed by atoms with Crippen molar-refractivity contribution in [3.8, 4) is 0 Å². The Morgan fingerprint density at radius 3 is 2.19 bits per heavy atom. The Kier molecular flexibility index (Phi) is 6.54. The Labute approximate surface area is 185 Å². The third-order valence-electron chi connectivity index (χ3n) is 4.86. The van der Waals surface area contributed by atoms with E-state index in [1.807, 2.05) is 48.5 Å². The molecule has 0 aromatic heterocycles. The van der Waals surface area contributed by atoms with Crippen LogP contribution < -0.4 is 15.5 Å². The lowest BCUT2D eigenvalue weighted by atomic mass is 10.1. The lowest BCUT2D eigenvalue weighted by Crippen LogP contribution is -2.34. The third kappa shape index (κ3) is 4.57. The van der Waals surface area contributed by atoms with Crippen molar-refractivity contribution in [1.29, 1.82) is 0 Å². The molecule has 2 N–H and O–H groups in total. The van der Waals surface area contributed by atoms with Gasteiger partial charge < -0.3 is 15.4 Å². The smallest absolute Gasteiger partial charge is 0.331 e. The molecule has 0 bridgehead atoms. The summed E-state index contributed by atoms with van der Waals surface area (Å²) in [5.41, 5.74) is 2.50. The predicted octanol–water partition coefficient (Wildman–Crippen LogP) is 5.29. The lowest BCUT2D eigenvalue weighted by molar-refractivity contribution is 0.0949. The van der Waals surface area contributed by atoms with Crippen molar-refractivity contribution in [2.75, 3.05) is 30.5 Å². The molecule has 7 heteroatoms. The number of hydrogen-bond donors (Lipinski definition) is 2. The van der Waals surface area contributed by atoms with Crippen molar-refractivity contribution in [2.24, 2.45) is 0 Å². The number of amides is 3. The summed E-state index contributed by atoms with van der Waals surface area (Å²) < 4.78 is 5.01. The van der Waals surface area contributed by atoms with Gasteiger partial charge >= 0.3 is 6.03 Å². The second kappa shape index (κ2) is 9.68. The van der Waals surface area contributed by atoms with Gasteiger partial charge in [0, 0.05) is 30.1 Å². The Balaban J connectivity index is 1.59. The van der Waals surface area contributed by atoms with Crippen molar-refractivity contribution in [2.45, 2.75) is 16.2 Å². The largest absolute Gasteiger partial charge is 0.385 e. The van der Waals surface area contributed by atoms with Gasteiger partial charge in [0.25, 0.3) is 5.91 Å². The quantitative estimate of drug-likeness (QED) is 0.519. The molecular formula is C24H23N3O3S. The summed E-state index contributed by atoms with van der Waals surface area (Å²) in [5.74, 6) is -0.234. The predicted molar refractivity (Wildman–Crippen MR) is 123 cm³/mol. The van der Waals surface area contributed by atoms with Gasteiger partial charge in [-0.15, -0.1) is 0 Å². The molecule has 0 saturated carbocycles. The van der Waals surface area contributed by atoms with Crippen LogP contribution in [0.4, 0.5) is 21.9 Å². The number of ether oxygens (including phenoxy) is 1. The van der Waals surface area contributed by atoms with E-state index >= 15 is 0 Å². The van der Waals surface area contributed by atoms with E-state index in [-0.39, 0.29) is 11.9 Å². The Morgan fingerprint density at radius 1 is 0.903 bits per heavy atom. The number of fused-ring (bicyclic) bond motifs is 2. The fourth-order valence-corrected chi connectivity index (χ4v) is 4.46. The number of nitrogens with zero attached hydrogens (tertiary/aromatic N) is 1. The van der Waals surface area contributed by atoms with Crippen LogP contribution in [-0.4, -0.2) is 32.2 Å². The molecule has 6 nitrogen and oxygen atoms in total. The molecule has 1 aliphatic heterocycles. The second-order valence-electron chi connectivity index (χ2n) is 6.95. The average molecular weight is 434 g/mol. The minimum absolute atomic E-state index is 0.234. The fraction of sp³-hybridized carbons (Fsp3) is 0.167. The first-order chi connectivity index (χ1) is 15.2. The number of anilines is 3. The first kappa shape index (κ1) is 21.0.